The second-order valence-corrected chi connectivity index (χ2v) is 7.69. The van der Waals surface area contributed by atoms with Crippen LogP contribution in [0.3, 0.4) is 0 Å². The molecule has 0 aliphatic heterocycles. The quantitative estimate of drug-likeness (QED) is 0.693. The second-order valence-electron chi connectivity index (χ2n) is 5.24. The Labute approximate surface area is 100 Å². The maximum atomic E-state index is 12.2. The molecule has 0 radical (unpaired) electrons. The van der Waals surface area contributed by atoms with Crippen molar-refractivity contribution in [3.05, 3.63) is 0 Å². The van der Waals surface area contributed by atoms with Gasteiger partial charge in [-0.05, 0) is 46.0 Å². The summed E-state index contributed by atoms with van der Waals surface area (Å²) < 4.78 is 26.2. The van der Waals surface area contributed by atoms with E-state index in [-0.39, 0.29) is 11.3 Å². The highest BCUT2D eigenvalue weighted by Crippen LogP contribution is 2.32. The first-order valence-electron chi connectivity index (χ1n) is 6.40. The van der Waals surface area contributed by atoms with E-state index in [1.54, 1.807) is 18.2 Å². The molecule has 1 saturated carbocycles. The van der Waals surface area contributed by atoms with Gasteiger partial charge >= 0.3 is 0 Å². The predicted molar refractivity (Wildman–Crippen MR) is 67.9 cm³/mol. The summed E-state index contributed by atoms with van der Waals surface area (Å²) in [6.45, 7) is 8.42. The van der Waals surface area contributed by atoms with E-state index in [1.807, 2.05) is 6.92 Å². The van der Waals surface area contributed by atoms with Gasteiger partial charge < -0.3 is 0 Å². The van der Waals surface area contributed by atoms with Crippen LogP contribution in [-0.4, -0.2) is 30.6 Å². The summed E-state index contributed by atoms with van der Waals surface area (Å²) >= 11 is 0. The van der Waals surface area contributed by atoms with Gasteiger partial charge in [-0.15, -0.1) is 0 Å². The third kappa shape index (κ3) is 3.45. The van der Waals surface area contributed by atoms with Crippen molar-refractivity contribution in [2.75, 3.05) is 6.54 Å². The van der Waals surface area contributed by atoms with Crippen LogP contribution in [0.15, 0.2) is 0 Å². The number of hydrogen-bond donors (Lipinski definition) is 0. The van der Waals surface area contributed by atoms with E-state index in [1.165, 1.54) is 12.8 Å². The summed E-state index contributed by atoms with van der Waals surface area (Å²) in [5.74, 6) is 0.618. The summed E-state index contributed by atoms with van der Waals surface area (Å²) in [6.07, 6.45) is 4.39. The standard InChI is InChI=1S/C12H25NO2S/c1-5-6-11(4)13(9-12-7-8-12)16(14,15)10(2)3/h10-12H,5-9H2,1-4H3/t11-/m0/s1. The first kappa shape index (κ1) is 14.0. The summed E-state index contributed by atoms with van der Waals surface area (Å²) in [7, 11) is -3.08. The Bertz CT molecular complexity index is 307. The van der Waals surface area contributed by atoms with Crippen LogP contribution in [0.4, 0.5) is 0 Å². The van der Waals surface area contributed by atoms with Crippen LogP contribution in [0.2, 0.25) is 0 Å². The van der Waals surface area contributed by atoms with E-state index in [9.17, 15) is 8.42 Å². The summed E-state index contributed by atoms with van der Waals surface area (Å²) in [4.78, 5) is 0. The van der Waals surface area contributed by atoms with Gasteiger partial charge in [0.05, 0.1) is 5.25 Å². The predicted octanol–water partition coefficient (Wildman–Crippen LogP) is 2.63. The van der Waals surface area contributed by atoms with E-state index < -0.39 is 10.0 Å². The van der Waals surface area contributed by atoms with Gasteiger partial charge in [-0.2, -0.15) is 4.31 Å². The third-order valence-electron chi connectivity index (χ3n) is 3.26. The Morgan fingerprint density at radius 2 is 1.81 bits per heavy atom. The molecule has 96 valence electrons. The fraction of sp³-hybridized carbons (Fsp3) is 1.00. The van der Waals surface area contributed by atoms with Crippen LogP contribution in [0.25, 0.3) is 0 Å². The topological polar surface area (TPSA) is 37.4 Å². The van der Waals surface area contributed by atoms with Crippen LogP contribution in [-0.2, 0) is 10.0 Å². The van der Waals surface area contributed by atoms with Crippen molar-refractivity contribution < 1.29 is 8.42 Å². The van der Waals surface area contributed by atoms with Crippen molar-refractivity contribution in [3.8, 4) is 0 Å². The van der Waals surface area contributed by atoms with Crippen molar-refractivity contribution in [2.45, 2.75) is 64.7 Å². The lowest BCUT2D eigenvalue weighted by Crippen LogP contribution is -2.43. The van der Waals surface area contributed by atoms with Crippen LogP contribution in [0, 0.1) is 5.92 Å². The average Bonchev–Trinajstić information content (AvgIpc) is 2.97. The van der Waals surface area contributed by atoms with Crippen molar-refractivity contribution in [1.82, 2.24) is 4.31 Å². The van der Waals surface area contributed by atoms with Crippen LogP contribution < -0.4 is 0 Å². The van der Waals surface area contributed by atoms with E-state index in [2.05, 4.69) is 6.92 Å². The lowest BCUT2D eigenvalue weighted by Gasteiger charge is -2.30. The zero-order valence-corrected chi connectivity index (χ0v) is 11.8. The number of hydrogen-bond acceptors (Lipinski definition) is 2. The smallest absolute Gasteiger partial charge is 0.212 e. The van der Waals surface area contributed by atoms with Crippen molar-refractivity contribution >= 4 is 10.0 Å². The molecule has 3 nitrogen and oxygen atoms in total. The largest absolute Gasteiger partial charge is 0.216 e. The fourth-order valence-electron chi connectivity index (χ4n) is 1.92. The normalized spacial score (nSPS) is 19.4. The monoisotopic (exact) mass is 247 g/mol. The Kier molecular flexibility index (Phi) is 4.80. The molecule has 0 aromatic rings. The van der Waals surface area contributed by atoms with Crippen LogP contribution in [0.5, 0.6) is 0 Å². The number of rotatable bonds is 7. The Balaban J connectivity index is 2.76. The van der Waals surface area contributed by atoms with Gasteiger partial charge in [0.2, 0.25) is 10.0 Å². The molecule has 0 heterocycles. The molecule has 0 spiro atoms. The fourth-order valence-corrected chi connectivity index (χ4v) is 3.49. The minimum absolute atomic E-state index is 0.151. The van der Waals surface area contributed by atoms with Gasteiger partial charge in [-0.25, -0.2) is 8.42 Å². The summed E-state index contributed by atoms with van der Waals surface area (Å²) in [6, 6.07) is 0.151. The summed E-state index contributed by atoms with van der Waals surface area (Å²) in [5.41, 5.74) is 0. The molecule has 1 fully saturated rings. The molecule has 4 heteroatoms. The average molecular weight is 247 g/mol. The molecule has 0 amide bonds. The zero-order chi connectivity index (χ0) is 12.3. The molecule has 0 bridgehead atoms. The molecular formula is C12H25NO2S. The molecule has 1 atom stereocenters. The minimum atomic E-state index is -3.08. The molecular weight excluding hydrogens is 222 g/mol. The molecule has 0 aromatic heterocycles. The lowest BCUT2D eigenvalue weighted by atomic mass is 10.2. The second kappa shape index (κ2) is 5.50. The van der Waals surface area contributed by atoms with E-state index in [4.69, 9.17) is 0 Å². The molecule has 0 N–H and O–H groups in total. The van der Waals surface area contributed by atoms with E-state index >= 15 is 0 Å². The maximum absolute atomic E-state index is 12.2. The van der Waals surface area contributed by atoms with E-state index in [0.717, 1.165) is 19.4 Å². The van der Waals surface area contributed by atoms with Gasteiger partial charge in [0, 0.05) is 12.6 Å². The first-order valence-corrected chi connectivity index (χ1v) is 7.90. The third-order valence-corrected chi connectivity index (χ3v) is 5.61. The molecule has 0 saturated heterocycles. The molecule has 16 heavy (non-hydrogen) atoms. The SMILES string of the molecule is CCC[C@H](C)N(CC1CC1)S(=O)(=O)C(C)C. The Hall–Kier alpha value is -0.0900. The zero-order valence-electron chi connectivity index (χ0n) is 10.9. The minimum Gasteiger partial charge on any atom is -0.212 e. The van der Waals surface area contributed by atoms with Gasteiger partial charge in [0.15, 0.2) is 0 Å². The van der Waals surface area contributed by atoms with Crippen LogP contribution in [0.1, 0.15) is 53.4 Å². The molecule has 1 aliphatic carbocycles. The van der Waals surface area contributed by atoms with Crippen molar-refractivity contribution in [3.63, 3.8) is 0 Å². The first-order chi connectivity index (χ1) is 7.39. The highest BCUT2D eigenvalue weighted by molar-refractivity contribution is 7.89. The van der Waals surface area contributed by atoms with Gasteiger partial charge in [-0.3, -0.25) is 0 Å². The highest BCUT2D eigenvalue weighted by atomic mass is 32.2. The highest BCUT2D eigenvalue weighted by Gasteiger charge is 2.34. The van der Waals surface area contributed by atoms with E-state index in [0.29, 0.717) is 5.92 Å². The lowest BCUT2D eigenvalue weighted by molar-refractivity contribution is 0.307. The molecule has 0 unspecified atom stereocenters. The van der Waals surface area contributed by atoms with Gasteiger partial charge in [-0.1, -0.05) is 13.3 Å². The Morgan fingerprint density at radius 1 is 1.25 bits per heavy atom. The Morgan fingerprint density at radius 3 is 2.19 bits per heavy atom. The van der Waals surface area contributed by atoms with Crippen LogP contribution >= 0.6 is 0 Å². The summed E-state index contributed by atoms with van der Waals surface area (Å²) in [5, 5.41) is -0.300. The molecule has 0 aromatic carbocycles. The maximum Gasteiger partial charge on any atom is 0.216 e. The molecule has 1 rings (SSSR count). The number of sulfonamides is 1. The number of nitrogens with zero attached hydrogens (tertiary/aromatic N) is 1. The van der Waals surface area contributed by atoms with Gasteiger partial charge in [0.1, 0.15) is 0 Å². The molecule has 1 aliphatic rings. The van der Waals surface area contributed by atoms with Crippen molar-refractivity contribution in [1.29, 1.82) is 0 Å². The van der Waals surface area contributed by atoms with Crippen molar-refractivity contribution in [2.24, 2.45) is 5.92 Å². The van der Waals surface area contributed by atoms with Gasteiger partial charge in [0.25, 0.3) is 0 Å².